The van der Waals surface area contributed by atoms with Gasteiger partial charge in [0.25, 0.3) is 0 Å². The van der Waals surface area contributed by atoms with Gasteiger partial charge in [0, 0.05) is 18.2 Å². The van der Waals surface area contributed by atoms with Gasteiger partial charge < -0.3 is 4.40 Å². The fraction of sp³-hybridized carbons (Fsp3) is 0.105. The average molecular weight is 322 g/mol. The Kier molecular flexibility index (Phi) is 3.46. The highest BCUT2D eigenvalue weighted by Crippen LogP contribution is 2.27. The summed E-state index contributed by atoms with van der Waals surface area (Å²) in [5.41, 5.74) is 6.36. The highest BCUT2D eigenvalue weighted by atomic mass is 32.1. The summed E-state index contributed by atoms with van der Waals surface area (Å²) in [7, 11) is 0. The number of imidazole rings is 1. The number of aromatic nitrogens is 2. The molecule has 0 spiro atoms. The molecular formula is C19H15FN2S. The van der Waals surface area contributed by atoms with Gasteiger partial charge in [0.15, 0.2) is 0 Å². The molecule has 0 fully saturated rings. The van der Waals surface area contributed by atoms with E-state index in [0.717, 1.165) is 29.0 Å². The first-order valence-electron chi connectivity index (χ1n) is 7.45. The summed E-state index contributed by atoms with van der Waals surface area (Å²) in [6, 6.07) is 12.8. The average Bonchev–Trinajstić information content (AvgIpc) is 3.17. The van der Waals surface area contributed by atoms with Gasteiger partial charge in [-0.25, -0.2) is 9.37 Å². The van der Waals surface area contributed by atoms with Gasteiger partial charge in [0.2, 0.25) is 0 Å². The van der Waals surface area contributed by atoms with Crippen molar-refractivity contribution in [1.82, 2.24) is 9.38 Å². The zero-order valence-corrected chi connectivity index (χ0v) is 13.5. The van der Waals surface area contributed by atoms with Crippen LogP contribution in [-0.4, -0.2) is 9.38 Å². The fourth-order valence-electron chi connectivity index (χ4n) is 2.79. The van der Waals surface area contributed by atoms with E-state index in [1.54, 1.807) is 23.5 Å². The predicted molar refractivity (Wildman–Crippen MR) is 92.4 cm³/mol. The Morgan fingerprint density at radius 3 is 2.65 bits per heavy atom. The minimum atomic E-state index is -0.229. The quantitative estimate of drug-likeness (QED) is 0.513. The Bertz CT molecular complexity index is 953. The standard InChI is InChI=1S/C19H15FN2S/c1-13-2-7-18-21-19(15-3-5-16(20)6-4-15)17(22(18)11-13)10-14-8-9-23-12-14/h2-9,11-12H,10H2,1H3. The maximum absolute atomic E-state index is 13.2. The van der Waals surface area contributed by atoms with Crippen LogP contribution in [0.2, 0.25) is 0 Å². The van der Waals surface area contributed by atoms with Gasteiger partial charge >= 0.3 is 0 Å². The lowest BCUT2D eigenvalue weighted by molar-refractivity contribution is 0.628. The molecule has 0 radical (unpaired) electrons. The predicted octanol–water partition coefficient (Wildman–Crippen LogP) is 5.10. The molecule has 4 rings (SSSR count). The summed E-state index contributed by atoms with van der Waals surface area (Å²) >= 11 is 1.69. The van der Waals surface area contributed by atoms with Crippen molar-refractivity contribution < 1.29 is 4.39 Å². The lowest BCUT2D eigenvalue weighted by atomic mass is 10.1. The third kappa shape index (κ3) is 2.66. The number of aryl methyl sites for hydroxylation is 1. The summed E-state index contributed by atoms with van der Waals surface area (Å²) in [5.74, 6) is -0.229. The molecule has 0 bridgehead atoms. The van der Waals surface area contributed by atoms with E-state index >= 15 is 0 Å². The monoisotopic (exact) mass is 322 g/mol. The van der Waals surface area contributed by atoms with E-state index in [0.29, 0.717) is 0 Å². The summed E-state index contributed by atoms with van der Waals surface area (Å²) in [4.78, 5) is 4.78. The molecule has 0 amide bonds. The number of thiophene rings is 1. The Balaban J connectivity index is 1.93. The Morgan fingerprint density at radius 2 is 1.91 bits per heavy atom. The highest BCUT2D eigenvalue weighted by molar-refractivity contribution is 7.07. The van der Waals surface area contributed by atoms with E-state index in [-0.39, 0.29) is 5.82 Å². The normalized spacial score (nSPS) is 11.2. The summed E-state index contributed by atoms with van der Waals surface area (Å²) < 4.78 is 15.4. The minimum absolute atomic E-state index is 0.229. The Hall–Kier alpha value is -2.46. The molecule has 4 heteroatoms. The molecule has 0 atom stereocenters. The van der Waals surface area contributed by atoms with Crippen molar-refractivity contribution in [1.29, 1.82) is 0 Å². The molecule has 23 heavy (non-hydrogen) atoms. The molecule has 0 unspecified atom stereocenters. The van der Waals surface area contributed by atoms with Crippen LogP contribution in [0.5, 0.6) is 0 Å². The van der Waals surface area contributed by atoms with Crippen LogP contribution >= 0.6 is 11.3 Å². The number of hydrogen-bond acceptors (Lipinski definition) is 2. The van der Waals surface area contributed by atoms with Crippen LogP contribution in [-0.2, 0) is 6.42 Å². The maximum Gasteiger partial charge on any atom is 0.137 e. The molecule has 0 saturated carbocycles. The van der Waals surface area contributed by atoms with Crippen LogP contribution in [0.25, 0.3) is 16.9 Å². The van der Waals surface area contributed by atoms with E-state index in [1.165, 1.54) is 23.3 Å². The smallest absolute Gasteiger partial charge is 0.137 e. The molecular weight excluding hydrogens is 307 g/mol. The van der Waals surface area contributed by atoms with Gasteiger partial charge in [-0.2, -0.15) is 11.3 Å². The third-order valence-electron chi connectivity index (χ3n) is 3.93. The number of rotatable bonds is 3. The maximum atomic E-state index is 13.2. The van der Waals surface area contributed by atoms with E-state index < -0.39 is 0 Å². The van der Waals surface area contributed by atoms with Crippen LogP contribution in [0.3, 0.4) is 0 Å². The van der Waals surface area contributed by atoms with Crippen LogP contribution < -0.4 is 0 Å². The second-order valence-electron chi connectivity index (χ2n) is 5.66. The second-order valence-corrected chi connectivity index (χ2v) is 6.44. The van der Waals surface area contributed by atoms with E-state index in [4.69, 9.17) is 4.98 Å². The van der Waals surface area contributed by atoms with Crippen molar-refractivity contribution in [3.05, 3.63) is 82.1 Å². The van der Waals surface area contributed by atoms with Gasteiger partial charge in [-0.3, -0.25) is 0 Å². The number of halogens is 1. The van der Waals surface area contributed by atoms with E-state index in [2.05, 4.69) is 40.4 Å². The number of hydrogen-bond donors (Lipinski definition) is 0. The molecule has 3 heterocycles. The Morgan fingerprint density at radius 1 is 1.09 bits per heavy atom. The SMILES string of the molecule is Cc1ccc2nc(-c3ccc(F)cc3)c(Cc3ccsc3)n2c1. The molecule has 4 aromatic rings. The van der Waals surface area contributed by atoms with Crippen LogP contribution in [0.4, 0.5) is 4.39 Å². The molecule has 2 nitrogen and oxygen atoms in total. The lowest BCUT2D eigenvalue weighted by Crippen LogP contribution is -1.96. The molecule has 0 aliphatic heterocycles. The van der Waals surface area contributed by atoms with Crippen molar-refractivity contribution in [2.24, 2.45) is 0 Å². The second kappa shape index (κ2) is 5.63. The third-order valence-corrected chi connectivity index (χ3v) is 4.67. The van der Waals surface area contributed by atoms with Gasteiger partial charge in [0.05, 0.1) is 11.4 Å². The number of nitrogens with zero attached hydrogens (tertiary/aromatic N) is 2. The molecule has 0 N–H and O–H groups in total. The molecule has 3 aromatic heterocycles. The first-order valence-corrected chi connectivity index (χ1v) is 8.39. The first-order chi connectivity index (χ1) is 11.2. The van der Waals surface area contributed by atoms with Crippen molar-refractivity contribution in [3.8, 4) is 11.3 Å². The number of benzene rings is 1. The first kappa shape index (κ1) is 14.2. The highest BCUT2D eigenvalue weighted by Gasteiger charge is 2.15. The van der Waals surface area contributed by atoms with Gasteiger partial charge in [-0.15, -0.1) is 0 Å². The van der Waals surface area contributed by atoms with Crippen molar-refractivity contribution >= 4 is 17.0 Å². The summed E-state index contributed by atoms with van der Waals surface area (Å²) in [6.45, 7) is 2.07. The van der Waals surface area contributed by atoms with Crippen molar-refractivity contribution in [3.63, 3.8) is 0 Å². The fourth-order valence-corrected chi connectivity index (χ4v) is 3.46. The summed E-state index contributed by atoms with van der Waals surface area (Å²) in [6.07, 6.45) is 2.91. The van der Waals surface area contributed by atoms with Crippen molar-refractivity contribution in [2.75, 3.05) is 0 Å². The van der Waals surface area contributed by atoms with Crippen molar-refractivity contribution in [2.45, 2.75) is 13.3 Å². The van der Waals surface area contributed by atoms with Gasteiger partial charge in [-0.05, 0) is 65.2 Å². The minimum Gasteiger partial charge on any atom is -0.303 e. The number of fused-ring (bicyclic) bond motifs is 1. The van der Waals surface area contributed by atoms with E-state index in [1.807, 2.05) is 6.07 Å². The van der Waals surface area contributed by atoms with E-state index in [9.17, 15) is 4.39 Å². The largest absolute Gasteiger partial charge is 0.303 e. The number of pyridine rings is 1. The summed E-state index contributed by atoms with van der Waals surface area (Å²) in [5, 5.41) is 4.24. The molecule has 1 aromatic carbocycles. The Labute approximate surface area is 137 Å². The van der Waals surface area contributed by atoms with Gasteiger partial charge in [0.1, 0.15) is 11.5 Å². The topological polar surface area (TPSA) is 17.3 Å². The molecule has 0 aliphatic rings. The van der Waals surface area contributed by atoms with Crippen LogP contribution in [0.1, 0.15) is 16.8 Å². The zero-order chi connectivity index (χ0) is 15.8. The lowest BCUT2D eigenvalue weighted by Gasteiger charge is -2.05. The molecule has 0 aliphatic carbocycles. The zero-order valence-electron chi connectivity index (χ0n) is 12.7. The van der Waals surface area contributed by atoms with Gasteiger partial charge in [-0.1, -0.05) is 6.07 Å². The van der Waals surface area contributed by atoms with Crippen LogP contribution in [0.15, 0.2) is 59.4 Å². The molecule has 114 valence electrons. The molecule has 0 saturated heterocycles. The van der Waals surface area contributed by atoms with Crippen LogP contribution in [0, 0.1) is 12.7 Å².